The number of aryl methyl sites for hydroxylation is 1. The smallest absolute Gasteiger partial charge is 0.346 e. The summed E-state index contributed by atoms with van der Waals surface area (Å²) in [7, 11) is 0. The lowest BCUT2D eigenvalue weighted by Crippen LogP contribution is -2.47. The zero-order valence-electron chi connectivity index (χ0n) is 15.9. The Labute approximate surface area is 166 Å². The Morgan fingerprint density at radius 3 is 2.55 bits per heavy atom. The van der Waals surface area contributed by atoms with Crippen molar-refractivity contribution in [1.29, 1.82) is 0 Å². The van der Waals surface area contributed by atoms with Crippen LogP contribution in [0, 0.1) is 6.92 Å². The van der Waals surface area contributed by atoms with Crippen LogP contribution in [0.5, 0.6) is 0 Å². The van der Waals surface area contributed by atoms with Crippen LogP contribution in [0.15, 0.2) is 46.1 Å². The van der Waals surface area contributed by atoms with Crippen molar-refractivity contribution in [3.63, 3.8) is 0 Å². The van der Waals surface area contributed by atoms with Crippen LogP contribution in [0.1, 0.15) is 34.6 Å². The first kappa shape index (κ1) is 19.9. The molecule has 0 saturated carbocycles. The van der Waals surface area contributed by atoms with Crippen molar-refractivity contribution in [3.05, 3.63) is 58.4 Å². The molecule has 29 heavy (non-hydrogen) atoms. The second-order valence-corrected chi connectivity index (χ2v) is 6.14. The molecule has 0 spiro atoms. The molecule has 1 aliphatic rings. The number of hydrogen-bond acceptors (Lipinski definition) is 8. The number of carbonyl (C=O) groups excluding carboxylic acids is 3. The van der Waals surface area contributed by atoms with Crippen LogP contribution in [-0.2, 0) is 14.3 Å². The summed E-state index contributed by atoms with van der Waals surface area (Å²) < 4.78 is 15.1. The molecule has 1 unspecified atom stereocenters. The topological polar surface area (TPSA) is 146 Å². The number of amides is 2. The summed E-state index contributed by atoms with van der Waals surface area (Å²) >= 11 is 0. The summed E-state index contributed by atoms with van der Waals surface area (Å²) in [6.45, 7) is 2.97. The van der Waals surface area contributed by atoms with E-state index in [0.29, 0.717) is 5.56 Å². The predicted molar refractivity (Wildman–Crippen MR) is 100 cm³/mol. The molecule has 3 rings (SSSR count). The van der Waals surface area contributed by atoms with Crippen molar-refractivity contribution in [1.82, 2.24) is 15.8 Å². The van der Waals surface area contributed by atoms with Crippen molar-refractivity contribution in [2.45, 2.75) is 19.9 Å². The number of benzene rings is 1. The highest BCUT2D eigenvalue weighted by molar-refractivity contribution is 5.96. The van der Waals surface area contributed by atoms with E-state index in [2.05, 4.69) is 15.8 Å². The average molecular weight is 400 g/mol. The maximum atomic E-state index is 12.6. The predicted octanol–water partition coefficient (Wildman–Crippen LogP) is 1.59. The van der Waals surface area contributed by atoms with Gasteiger partial charge < -0.3 is 30.4 Å². The molecule has 1 atom stereocenters. The number of nitrogens with one attached hydrogen (secondary N) is 2. The van der Waals surface area contributed by atoms with E-state index in [1.54, 1.807) is 31.2 Å². The number of carbonyl (C=O) groups is 3. The minimum Gasteiger partial charge on any atom is -0.463 e. The van der Waals surface area contributed by atoms with Gasteiger partial charge in [-0.15, -0.1) is 0 Å². The highest BCUT2D eigenvalue weighted by Gasteiger charge is 2.34. The van der Waals surface area contributed by atoms with Gasteiger partial charge in [0.05, 0.1) is 29.6 Å². The van der Waals surface area contributed by atoms with Gasteiger partial charge in [0.15, 0.2) is 0 Å². The lowest BCUT2D eigenvalue weighted by Gasteiger charge is -2.29. The summed E-state index contributed by atoms with van der Waals surface area (Å²) in [5.74, 6) is -1.61. The van der Waals surface area contributed by atoms with Crippen LogP contribution in [0.25, 0.3) is 0 Å². The normalized spacial score (nSPS) is 16.1. The zero-order valence-corrected chi connectivity index (χ0v) is 15.9. The number of ether oxygens (including phenoxy) is 2. The van der Waals surface area contributed by atoms with Gasteiger partial charge in [0.2, 0.25) is 5.88 Å². The monoisotopic (exact) mass is 400 g/mol. The molecule has 1 aliphatic heterocycles. The molecule has 0 bridgehead atoms. The number of nitrogen functional groups attached to an aromatic ring is 1. The molecule has 1 aromatic heterocycles. The van der Waals surface area contributed by atoms with E-state index in [-0.39, 0.29) is 41.6 Å². The second kappa shape index (κ2) is 8.46. The lowest BCUT2D eigenvalue weighted by molar-refractivity contribution is -0.139. The van der Waals surface area contributed by atoms with Crippen LogP contribution in [-0.4, -0.2) is 36.3 Å². The third-order valence-electron chi connectivity index (χ3n) is 4.22. The Morgan fingerprint density at radius 2 is 1.93 bits per heavy atom. The van der Waals surface area contributed by atoms with E-state index in [1.807, 2.05) is 6.07 Å². The van der Waals surface area contributed by atoms with Crippen LogP contribution >= 0.6 is 0 Å². The minimum absolute atomic E-state index is 0.0110. The molecule has 10 heteroatoms. The van der Waals surface area contributed by atoms with E-state index < -0.39 is 24.0 Å². The van der Waals surface area contributed by atoms with E-state index in [0.717, 1.165) is 0 Å². The van der Waals surface area contributed by atoms with Gasteiger partial charge in [-0.3, -0.25) is 0 Å². The van der Waals surface area contributed by atoms with Crippen molar-refractivity contribution in [2.75, 3.05) is 18.9 Å². The minimum atomic E-state index is -0.791. The SMILES string of the molecule is CCOC(=O)C1=C(COC(=O)c2c(C)noc2N)NC(=O)NC1c1ccccc1. The average Bonchev–Trinajstić information content (AvgIpc) is 3.04. The molecule has 0 fully saturated rings. The molecule has 4 N–H and O–H groups in total. The van der Waals surface area contributed by atoms with E-state index in [9.17, 15) is 14.4 Å². The number of hydrogen-bond donors (Lipinski definition) is 3. The van der Waals surface area contributed by atoms with E-state index in [1.165, 1.54) is 6.92 Å². The van der Waals surface area contributed by atoms with Crippen molar-refractivity contribution < 1.29 is 28.4 Å². The molecule has 2 heterocycles. The first-order valence-electron chi connectivity index (χ1n) is 8.83. The fraction of sp³-hybridized carbons (Fsp3) is 0.263. The summed E-state index contributed by atoms with van der Waals surface area (Å²) in [6, 6.07) is 7.60. The largest absolute Gasteiger partial charge is 0.463 e. The molecule has 0 radical (unpaired) electrons. The van der Waals surface area contributed by atoms with Gasteiger partial charge in [0.1, 0.15) is 12.2 Å². The number of urea groups is 1. The maximum Gasteiger partial charge on any atom is 0.346 e. The lowest BCUT2D eigenvalue weighted by atomic mass is 9.95. The summed E-state index contributed by atoms with van der Waals surface area (Å²) in [5.41, 5.74) is 6.77. The Morgan fingerprint density at radius 1 is 1.21 bits per heavy atom. The number of esters is 2. The summed E-state index contributed by atoms with van der Waals surface area (Å²) in [4.78, 5) is 37.2. The van der Waals surface area contributed by atoms with Gasteiger partial charge in [0, 0.05) is 0 Å². The highest BCUT2D eigenvalue weighted by Crippen LogP contribution is 2.28. The number of rotatable bonds is 6. The molecule has 1 aromatic carbocycles. The number of nitrogens with zero attached hydrogens (tertiary/aromatic N) is 1. The molecular formula is C19H20N4O6. The number of anilines is 1. The quantitative estimate of drug-likeness (QED) is 0.620. The Bertz CT molecular complexity index is 947. The van der Waals surface area contributed by atoms with E-state index >= 15 is 0 Å². The highest BCUT2D eigenvalue weighted by atomic mass is 16.5. The van der Waals surface area contributed by atoms with Crippen molar-refractivity contribution in [2.24, 2.45) is 0 Å². The first-order chi connectivity index (χ1) is 13.9. The molecule has 0 aliphatic carbocycles. The molecule has 2 amide bonds. The van der Waals surface area contributed by atoms with Crippen LogP contribution in [0.4, 0.5) is 10.7 Å². The maximum absolute atomic E-state index is 12.6. The standard InChI is InChI=1S/C19H20N4O6/c1-3-27-18(25)14-12(9-28-17(24)13-10(2)23-29-16(13)20)21-19(26)22-15(14)11-7-5-4-6-8-11/h4-8,15H,3,9,20H2,1-2H3,(H2,21,22,26). The third kappa shape index (κ3) is 4.21. The van der Waals surface area contributed by atoms with E-state index in [4.69, 9.17) is 19.7 Å². The van der Waals surface area contributed by atoms with Gasteiger partial charge in [-0.2, -0.15) is 0 Å². The Kier molecular flexibility index (Phi) is 5.82. The fourth-order valence-corrected chi connectivity index (χ4v) is 2.92. The summed E-state index contributed by atoms with van der Waals surface area (Å²) in [5, 5.41) is 8.80. The molecule has 152 valence electrons. The molecule has 0 saturated heterocycles. The molecule has 2 aromatic rings. The van der Waals surface area contributed by atoms with Crippen molar-refractivity contribution in [3.8, 4) is 0 Å². The first-order valence-corrected chi connectivity index (χ1v) is 8.83. The van der Waals surface area contributed by atoms with Gasteiger partial charge in [0.25, 0.3) is 0 Å². The number of nitrogens with two attached hydrogens (primary N) is 1. The van der Waals surface area contributed by atoms with Crippen LogP contribution < -0.4 is 16.4 Å². The van der Waals surface area contributed by atoms with Crippen LogP contribution in [0.3, 0.4) is 0 Å². The summed E-state index contributed by atoms with van der Waals surface area (Å²) in [6.07, 6.45) is 0. The van der Waals surface area contributed by atoms with Gasteiger partial charge >= 0.3 is 18.0 Å². The van der Waals surface area contributed by atoms with Crippen molar-refractivity contribution >= 4 is 23.9 Å². The fourth-order valence-electron chi connectivity index (χ4n) is 2.92. The zero-order chi connectivity index (χ0) is 21.0. The second-order valence-electron chi connectivity index (χ2n) is 6.14. The van der Waals surface area contributed by atoms with Gasteiger partial charge in [-0.1, -0.05) is 35.5 Å². The van der Waals surface area contributed by atoms with Crippen LogP contribution in [0.2, 0.25) is 0 Å². The van der Waals surface area contributed by atoms with Gasteiger partial charge in [-0.25, -0.2) is 14.4 Å². The third-order valence-corrected chi connectivity index (χ3v) is 4.22. The molecular weight excluding hydrogens is 380 g/mol. The Hall–Kier alpha value is -3.82. The number of aromatic nitrogens is 1. The van der Waals surface area contributed by atoms with Gasteiger partial charge in [-0.05, 0) is 19.4 Å². The Balaban J connectivity index is 1.93. The molecule has 10 nitrogen and oxygen atoms in total.